The van der Waals surface area contributed by atoms with Crippen LogP contribution in [0.2, 0.25) is 0 Å². The Bertz CT molecular complexity index is 789. The van der Waals surface area contributed by atoms with E-state index in [2.05, 4.69) is 27.1 Å². The van der Waals surface area contributed by atoms with Crippen molar-refractivity contribution in [1.82, 2.24) is 4.72 Å². The fraction of sp³-hybridized carbons (Fsp3) is 0.667. The van der Waals surface area contributed by atoms with Crippen molar-refractivity contribution in [1.29, 1.82) is 0 Å². The summed E-state index contributed by atoms with van der Waals surface area (Å²) in [6.45, 7) is 7.23. The number of rotatable bonds is 5. The van der Waals surface area contributed by atoms with Gasteiger partial charge in [-0.25, -0.2) is 13.1 Å². The average Bonchev–Trinajstić information content (AvgIpc) is 2.68. The third kappa shape index (κ3) is 5.89. The van der Waals surface area contributed by atoms with Gasteiger partial charge >= 0.3 is 0 Å². The fourth-order valence-corrected chi connectivity index (χ4v) is 5.62. The number of anilines is 2. The van der Waals surface area contributed by atoms with Crippen molar-refractivity contribution in [2.24, 2.45) is 5.92 Å². The molecule has 1 saturated heterocycles. The molecule has 1 saturated carbocycles. The number of nitrogens with one attached hydrogen (secondary N) is 2. The molecule has 8 heteroatoms. The monoisotopic (exact) mass is 439 g/mol. The molecule has 1 aromatic rings. The van der Waals surface area contributed by atoms with Gasteiger partial charge in [0, 0.05) is 47.9 Å². The Morgan fingerprint density at radius 2 is 1.62 bits per heavy atom. The van der Waals surface area contributed by atoms with E-state index in [4.69, 9.17) is 0 Å². The third-order valence-corrected chi connectivity index (χ3v) is 8.94. The molecule has 2 fully saturated rings. The third-order valence-electron chi connectivity index (χ3n) is 5.74. The smallest absolute Gasteiger partial charge is 0.227 e. The number of hydrogen-bond donors (Lipinski definition) is 2. The van der Waals surface area contributed by atoms with Crippen molar-refractivity contribution in [3.05, 3.63) is 24.3 Å². The number of benzene rings is 1. The summed E-state index contributed by atoms with van der Waals surface area (Å²) in [7, 11) is -3.35. The SMILES string of the molecule is CC(C)(C)S(=O)(=O)NC1CCC(C(=O)Nc2ccc(N3CCSCC3)cc2)CC1. The van der Waals surface area contributed by atoms with E-state index < -0.39 is 14.8 Å². The Morgan fingerprint density at radius 1 is 1.03 bits per heavy atom. The Morgan fingerprint density at radius 3 is 2.17 bits per heavy atom. The lowest BCUT2D eigenvalue weighted by molar-refractivity contribution is -0.120. The molecule has 162 valence electrons. The highest BCUT2D eigenvalue weighted by Gasteiger charge is 2.34. The van der Waals surface area contributed by atoms with Crippen LogP contribution >= 0.6 is 11.8 Å². The molecule has 1 heterocycles. The number of carbonyl (C=O) groups excluding carboxylic acids is 1. The maximum atomic E-state index is 12.6. The molecule has 0 bridgehead atoms. The van der Waals surface area contributed by atoms with Crippen molar-refractivity contribution in [2.75, 3.05) is 34.8 Å². The maximum Gasteiger partial charge on any atom is 0.227 e. The van der Waals surface area contributed by atoms with E-state index in [1.807, 2.05) is 23.9 Å². The van der Waals surface area contributed by atoms with Gasteiger partial charge in [0.2, 0.25) is 15.9 Å². The normalized spacial score (nSPS) is 23.6. The summed E-state index contributed by atoms with van der Waals surface area (Å²) < 4.78 is 26.6. The first kappa shape index (κ1) is 22.4. The van der Waals surface area contributed by atoms with E-state index in [-0.39, 0.29) is 17.9 Å². The number of hydrogen-bond acceptors (Lipinski definition) is 5. The zero-order chi connectivity index (χ0) is 21.1. The summed E-state index contributed by atoms with van der Waals surface area (Å²) in [6.07, 6.45) is 2.79. The first-order valence-electron chi connectivity index (χ1n) is 10.4. The quantitative estimate of drug-likeness (QED) is 0.735. The second kappa shape index (κ2) is 9.27. The molecular formula is C21H33N3O3S2. The van der Waals surface area contributed by atoms with Crippen molar-refractivity contribution in [2.45, 2.75) is 57.2 Å². The molecule has 0 radical (unpaired) electrons. The summed E-state index contributed by atoms with van der Waals surface area (Å²) in [6, 6.07) is 8.01. The Kier molecular flexibility index (Phi) is 7.17. The molecule has 1 aliphatic heterocycles. The van der Waals surface area contributed by atoms with Crippen LogP contribution in [0.4, 0.5) is 11.4 Å². The lowest BCUT2D eigenvalue weighted by Gasteiger charge is -2.31. The summed E-state index contributed by atoms with van der Waals surface area (Å²) in [4.78, 5) is 15.0. The van der Waals surface area contributed by atoms with E-state index in [0.29, 0.717) is 25.7 Å². The van der Waals surface area contributed by atoms with E-state index >= 15 is 0 Å². The Hall–Kier alpha value is -1.25. The summed E-state index contributed by atoms with van der Waals surface area (Å²) in [5, 5.41) is 3.03. The summed E-state index contributed by atoms with van der Waals surface area (Å²) in [5.41, 5.74) is 2.02. The van der Waals surface area contributed by atoms with Gasteiger partial charge in [-0.3, -0.25) is 4.79 Å². The highest BCUT2D eigenvalue weighted by Crippen LogP contribution is 2.28. The molecule has 3 rings (SSSR count). The second-order valence-corrected chi connectivity index (χ2v) is 12.6. The molecule has 1 amide bonds. The van der Waals surface area contributed by atoms with Crippen LogP contribution in [0.1, 0.15) is 46.5 Å². The van der Waals surface area contributed by atoms with Crippen LogP contribution in [-0.4, -0.2) is 49.7 Å². The maximum absolute atomic E-state index is 12.6. The largest absolute Gasteiger partial charge is 0.370 e. The minimum atomic E-state index is -3.35. The standard InChI is InChI=1S/C21H33N3O3S2/c1-21(2,3)29(26,27)23-18-6-4-16(5-7-18)20(25)22-17-8-10-19(11-9-17)24-12-14-28-15-13-24/h8-11,16,18,23H,4-7,12-15H2,1-3H3,(H,22,25). The number of carbonyl (C=O) groups is 1. The van der Waals surface area contributed by atoms with Gasteiger partial charge in [-0.05, 0) is 70.7 Å². The lowest BCUT2D eigenvalue weighted by Crippen LogP contribution is -2.46. The van der Waals surface area contributed by atoms with Crippen LogP contribution in [0.25, 0.3) is 0 Å². The minimum absolute atomic E-state index is 0.0317. The Balaban J connectivity index is 1.48. The predicted octanol–water partition coefficient (Wildman–Crippen LogP) is 3.46. The van der Waals surface area contributed by atoms with Gasteiger partial charge < -0.3 is 10.2 Å². The molecule has 0 unspecified atom stereocenters. The van der Waals surface area contributed by atoms with Gasteiger partial charge in [-0.2, -0.15) is 11.8 Å². The zero-order valence-corrected chi connectivity index (χ0v) is 19.2. The van der Waals surface area contributed by atoms with E-state index in [1.165, 1.54) is 5.69 Å². The Labute approximate surface area is 179 Å². The highest BCUT2D eigenvalue weighted by molar-refractivity contribution is 7.99. The first-order valence-corrected chi connectivity index (χ1v) is 13.0. The number of sulfonamides is 1. The molecule has 29 heavy (non-hydrogen) atoms. The van der Waals surface area contributed by atoms with Crippen LogP contribution in [0.5, 0.6) is 0 Å². The van der Waals surface area contributed by atoms with Crippen LogP contribution < -0.4 is 14.9 Å². The molecular weight excluding hydrogens is 406 g/mol. The summed E-state index contributed by atoms with van der Waals surface area (Å²) in [5.74, 6) is 2.29. The van der Waals surface area contributed by atoms with E-state index in [0.717, 1.165) is 30.3 Å². The average molecular weight is 440 g/mol. The van der Waals surface area contributed by atoms with Crippen LogP contribution in [0, 0.1) is 5.92 Å². The van der Waals surface area contributed by atoms with Crippen LogP contribution in [-0.2, 0) is 14.8 Å². The molecule has 2 aliphatic rings. The molecule has 0 spiro atoms. The second-order valence-electron chi connectivity index (χ2n) is 8.92. The van der Waals surface area contributed by atoms with E-state index in [9.17, 15) is 13.2 Å². The highest BCUT2D eigenvalue weighted by atomic mass is 32.2. The van der Waals surface area contributed by atoms with Crippen molar-refractivity contribution < 1.29 is 13.2 Å². The molecule has 6 nitrogen and oxygen atoms in total. The number of nitrogens with zero attached hydrogens (tertiary/aromatic N) is 1. The lowest BCUT2D eigenvalue weighted by atomic mass is 9.86. The van der Waals surface area contributed by atoms with E-state index in [1.54, 1.807) is 20.8 Å². The molecule has 1 aliphatic carbocycles. The number of thioether (sulfide) groups is 1. The zero-order valence-electron chi connectivity index (χ0n) is 17.6. The molecule has 1 aromatic carbocycles. The topological polar surface area (TPSA) is 78.5 Å². The predicted molar refractivity (Wildman–Crippen MR) is 122 cm³/mol. The fourth-order valence-electron chi connectivity index (χ4n) is 3.69. The molecule has 0 aromatic heterocycles. The van der Waals surface area contributed by atoms with Crippen molar-refractivity contribution in [3.63, 3.8) is 0 Å². The molecule has 2 N–H and O–H groups in total. The number of amides is 1. The van der Waals surface area contributed by atoms with Crippen LogP contribution in [0.3, 0.4) is 0 Å². The van der Waals surface area contributed by atoms with Crippen LogP contribution in [0.15, 0.2) is 24.3 Å². The minimum Gasteiger partial charge on any atom is -0.370 e. The summed E-state index contributed by atoms with van der Waals surface area (Å²) >= 11 is 1.99. The molecule has 0 atom stereocenters. The van der Waals surface area contributed by atoms with Gasteiger partial charge in [-0.1, -0.05) is 0 Å². The van der Waals surface area contributed by atoms with Gasteiger partial charge in [0.15, 0.2) is 0 Å². The van der Waals surface area contributed by atoms with Gasteiger partial charge in [0.1, 0.15) is 0 Å². The van der Waals surface area contributed by atoms with Gasteiger partial charge in [0.05, 0.1) is 4.75 Å². The van der Waals surface area contributed by atoms with Crippen molar-refractivity contribution in [3.8, 4) is 0 Å². The van der Waals surface area contributed by atoms with Gasteiger partial charge in [0.25, 0.3) is 0 Å². The van der Waals surface area contributed by atoms with Gasteiger partial charge in [-0.15, -0.1) is 0 Å². The van der Waals surface area contributed by atoms with Crippen molar-refractivity contribution >= 4 is 39.1 Å². The first-order chi connectivity index (χ1) is 13.7.